The molecule has 0 aromatic heterocycles. The Balaban J connectivity index is 1.73. The first-order valence-corrected chi connectivity index (χ1v) is 7.45. The smallest absolute Gasteiger partial charge is 0.119 e. The summed E-state index contributed by atoms with van der Waals surface area (Å²) in [6.07, 6.45) is 2.72. The van der Waals surface area contributed by atoms with Gasteiger partial charge in [-0.1, -0.05) is 12.1 Å². The van der Waals surface area contributed by atoms with Crippen LogP contribution in [0, 0.1) is 5.92 Å². The third-order valence-electron chi connectivity index (χ3n) is 3.16. The van der Waals surface area contributed by atoms with Gasteiger partial charge >= 0.3 is 0 Å². The average Bonchev–Trinajstić information content (AvgIpc) is 2.40. The van der Waals surface area contributed by atoms with Crippen molar-refractivity contribution in [2.45, 2.75) is 18.6 Å². The molecule has 1 fully saturated rings. The maximum absolute atomic E-state index is 5.23. The lowest BCUT2D eigenvalue weighted by Crippen LogP contribution is -2.30. The second kappa shape index (κ2) is 6.92. The van der Waals surface area contributed by atoms with E-state index < -0.39 is 0 Å². The molecule has 1 aliphatic rings. The van der Waals surface area contributed by atoms with Gasteiger partial charge in [-0.25, -0.2) is 0 Å². The third-order valence-corrected chi connectivity index (χ3v) is 4.40. The van der Waals surface area contributed by atoms with E-state index in [1.807, 2.05) is 17.8 Å². The zero-order valence-corrected chi connectivity index (χ0v) is 11.3. The van der Waals surface area contributed by atoms with E-state index in [-0.39, 0.29) is 0 Å². The van der Waals surface area contributed by atoms with Gasteiger partial charge in [0.25, 0.3) is 0 Å². The van der Waals surface area contributed by atoms with E-state index >= 15 is 0 Å². The van der Waals surface area contributed by atoms with E-state index in [0.29, 0.717) is 0 Å². The number of thioether (sulfide) groups is 1. The van der Waals surface area contributed by atoms with E-state index in [1.165, 1.54) is 37.2 Å². The number of hydrogen-bond donors (Lipinski definition) is 1. The van der Waals surface area contributed by atoms with Gasteiger partial charge < -0.3 is 10.1 Å². The molecule has 1 aromatic rings. The van der Waals surface area contributed by atoms with Crippen molar-refractivity contribution >= 4 is 11.8 Å². The number of methoxy groups -OCH3 is 1. The fraction of sp³-hybridized carbons (Fsp3) is 0.571. The Labute approximate surface area is 108 Å². The van der Waals surface area contributed by atoms with Crippen LogP contribution in [0.1, 0.15) is 18.4 Å². The maximum atomic E-state index is 5.23. The lowest BCUT2D eigenvalue weighted by molar-refractivity contribution is 0.410. The molecule has 0 bridgehead atoms. The highest BCUT2D eigenvalue weighted by Gasteiger charge is 2.12. The molecule has 1 saturated heterocycles. The normalized spacial score (nSPS) is 20.2. The van der Waals surface area contributed by atoms with Crippen molar-refractivity contribution in [2.24, 2.45) is 5.92 Å². The topological polar surface area (TPSA) is 21.3 Å². The molecule has 0 radical (unpaired) electrons. The van der Waals surface area contributed by atoms with Gasteiger partial charge in [-0.3, -0.25) is 0 Å². The molecule has 1 heterocycles. The molecule has 1 unspecified atom stereocenters. The quantitative estimate of drug-likeness (QED) is 0.869. The van der Waals surface area contributed by atoms with Crippen LogP contribution in [-0.2, 0) is 5.75 Å². The second-order valence-corrected chi connectivity index (χ2v) is 5.61. The predicted molar refractivity (Wildman–Crippen MR) is 74.7 cm³/mol. The first-order chi connectivity index (χ1) is 8.38. The molecule has 1 aromatic carbocycles. The van der Waals surface area contributed by atoms with Crippen LogP contribution < -0.4 is 10.1 Å². The second-order valence-electron chi connectivity index (χ2n) is 4.58. The molecule has 1 N–H and O–H groups in total. The number of piperidine rings is 1. The molecule has 0 spiro atoms. The molecule has 0 saturated carbocycles. The standard InChI is InChI=1S/C14H21NOS/c1-16-14-6-2-4-12(8-14)10-17-11-13-5-3-7-15-9-13/h2,4,6,8,13,15H,3,5,7,9-11H2,1H3. The van der Waals surface area contributed by atoms with Crippen LogP contribution in [0.25, 0.3) is 0 Å². The number of rotatable bonds is 5. The van der Waals surface area contributed by atoms with Crippen molar-refractivity contribution < 1.29 is 4.74 Å². The summed E-state index contributed by atoms with van der Waals surface area (Å²) < 4.78 is 5.23. The fourth-order valence-electron chi connectivity index (χ4n) is 2.17. The van der Waals surface area contributed by atoms with Gasteiger partial charge in [-0.2, -0.15) is 11.8 Å². The molecule has 2 nitrogen and oxygen atoms in total. The molecular formula is C14H21NOS. The minimum atomic E-state index is 0.861. The van der Waals surface area contributed by atoms with Crippen molar-refractivity contribution in [2.75, 3.05) is 26.0 Å². The van der Waals surface area contributed by atoms with Gasteiger partial charge in [0, 0.05) is 5.75 Å². The summed E-state index contributed by atoms with van der Waals surface area (Å²) in [4.78, 5) is 0. The van der Waals surface area contributed by atoms with Crippen molar-refractivity contribution in [1.29, 1.82) is 0 Å². The van der Waals surface area contributed by atoms with E-state index in [9.17, 15) is 0 Å². The van der Waals surface area contributed by atoms with Gasteiger partial charge in [-0.15, -0.1) is 0 Å². The van der Waals surface area contributed by atoms with Crippen molar-refractivity contribution in [3.05, 3.63) is 29.8 Å². The minimum Gasteiger partial charge on any atom is -0.497 e. The van der Waals surface area contributed by atoms with Crippen LogP contribution in [0.4, 0.5) is 0 Å². The predicted octanol–water partition coefficient (Wildman–Crippen LogP) is 2.93. The van der Waals surface area contributed by atoms with Crippen LogP contribution >= 0.6 is 11.8 Å². The summed E-state index contributed by atoms with van der Waals surface area (Å²) in [6, 6.07) is 8.37. The monoisotopic (exact) mass is 251 g/mol. The largest absolute Gasteiger partial charge is 0.497 e. The number of benzene rings is 1. The van der Waals surface area contributed by atoms with Gasteiger partial charge in [-0.05, 0) is 55.3 Å². The van der Waals surface area contributed by atoms with E-state index in [2.05, 4.69) is 23.5 Å². The molecule has 17 heavy (non-hydrogen) atoms. The van der Waals surface area contributed by atoms with Crippen LogP contribution in [0.15, 0.2) is 24.3 Å². The number of ether oxygens (including phenoxy) is 1. The fourth-order valence-corrected chi connectivity index (χ4v) is 3.32. The highest BCUT2D eigenvalue weighted by molar-refractivity contribution is 7.98. The summed E-state index contributed by atoms with van der Waals surface area (Å²) in [7, 11) is 1.72. The Morgan fingerprint density at radius 1 is 1.47 bits per heavy atom. The lowest BCUT2D eigenvalue weighted by Gasteiger charge is -2.22. The number of nitrogens with one attached hydrogen (secondary N) is 1. The average molecular weight is 251 g/mol. The molecule has 94 valence electrons. The Hall–Kier alpha value is -0.670. The van der Waals surface area contributed by atoms with Crippen LogP contribution in [0.3, 0.4) is 0 Å². The Morgan fingerprint density at radius 2 is 2.41 bits per heavy atom. The van der Waals surface area contributed by atoms with Crippen LogP contribution in [0.2, 0.25) is 0 Å². The summed E-state index contributed by atoms with van der Waals surface area (Å²) in [5.41, 5.74) is 1.36. The van der Waals surface area contributed by atoms with Gasteiger partial charge in [0.2, 0.25) is 0 Å². The summed E-state index contributed by atoms with van der Waals surface area (Å²) in [5, 5.41) is 3.47. The highest BCUT2D eigenvalue weighted by Crippen LogP contribution is 2.21. The molecule has 2 rings (SSSR count). The Bertz CT molecular complexity index is 337. The van der Waals surface area contributed by atoms with Gasteiger partial charge in [0.05, 0.1) is 7.11 Å². The first-order valence-electron chi connectivity index (χ1n) is 6.30. The first kappa shape index (κ1) is 12.8. The summed E-state index contributed by atoms with van der Waals surface area (Å²) >= 11 is 2.04. The number of hydrogen-bond acceptors (Lipinski definition) is 3. The third kappa shape index (κ3) is 4.25. The summed E-state index contributed by atoms with van der Waals surface area (Å²) in [6.45, 7) is 2.40. The van der Waals surface area contributed by atoms with Crippen LogP contribution in [-0.4, -0.2) is 26.0 Å². The van der Waals surface area contributed by atoms with E-state index in [0.717, 1.165) is 17.4 Å². The SMILES string of the molecule is COc1cccc(CSCC2CCCNC2)c1. The molecule has 0 amide bonds. The van der Waals surface area contributed by atoms with Crippen molar-refractivity contribution in [3.8, 4) is 5.75 Å². The van der Waals surface area contributed by atoms with Crippen molar-refractivity contribution in [1.82, 2.24) is 5.32 Å². The molecule has 0 aliphatic carbocycles. The Morgan fingerprint density at radius 3 is 3.18 bits per heavy atom. The van der Waals surface area contributed by atoms with Gasteiger partial charge in [0.1, 0.15) is 5.75 Å². The molecule has 1 aliphatic heterocycles. The lowest BCUT2D eigenvalue weighted by atomic mass is 10.0. The Kier molecular flexibility index (Phi) is 5.20. The zero-order valence-electron chi connectivity index (χ0n) is 10.4. The zero-order chi connectivity index (χ0) is 11.9. The van der Waals surface area contributed by atoms with E-state index in [1.54, 1.807) is 7.11 Å². The summed E-state index contributed by atoms with van der Waals surface area (Å²) in [5.74, 6) is 4.18. The highest BCUT2D eigenvalue weighted by atomic mass is 32.2. The molecular weight excluding hydrogens is 230 g/mol. The van der Waals surface area contributed by atoms with Gasteiger partial charge in [0.15, 0.2) is 0 Å². The minimum absolute atomic E-state index is 0.861. The molecule has 1 atom stereocenters. The molecule has 3 heteroatoms. The van der Waals surface area contributed by atoms with E-state index in [4.69, 9.17) is 4.74 Å². The van der Waals surface area contributed by atoms with Crippen molar-refractivity contribution in [3.63, 3.8) is 0 Å². The van der Waals surface area contributed by atoms with Crippen LogP contribution in [0.5, 0.6) is 5.75 Å². The maximum Gasteiger partial charge on any atom is 0.119 e.